The Bertz CT molecular complexity index is 1030. The van der Waals surface area contributed by atoms with Crippen LogP contribution in [0.25, 0.3) is 11.3 Å². The van der Waals surface area contributed by atoms with Crippen LogP contribution in [-0.2, 0) is 18.3 Å². The maximum Gasteiger partial charge on any atom is 0.225 e. The molecule has 0 radical (unpaired) electrons. The second kappa shape index (κ2) is 8.61. The average molecular weight is 406 g/mol. The van der Waals surface area contributed by atoms with Crippen LogP contribution in [0, 0.1) is 13.8 Å². The topological polar surface area (TPSA) is 88.8 Å². The number of amides is 1. The number of nitrogens with one attached hydrogen (secondary N) is 1. The third kappa shape index (κ3) is 4.32. The minimum atomic E-state index is 0.0783. The van der Waals surface area contributed by atoms with Gasteiger partial charge in [-0.25, -0.2) is 9.97 Å². The van der Waals surface area contributed by atoms with Gasteiger partial charge in [0.2, 0.25) is 11.9 Å². The molecule has 30 heavy (non-hydrogen) atoms. The second-order valence-electron chi connectivity index (χ2n) is 7.76. The first-order chi connectivity index (χ1) is 14.5. The standard InChI is InChI=1S/C22H27N7O/c1-15-19(16(2)28(3)27-15)6-7-21(30)25-18-9-12-29(14-18)22-24-11-8-20(26-22)17-5-4-10-23-13-17/h4-5,8,10-11,13,18H,6-7,9,12,14H2,1-3H3,(H,25,30). The van der Waals surface area contributed by atoms with Crippen molar-refractivity contribution in [3.8, 4) is 11.3 Å². The van der Waals surface area contributed by atoms with Crippen molar-refractivity contribution in [2.75, 3.05) is 18.0 Å². The summed E-state index contributed by atoms with van der Waals surface area (Å²) in [6, 6.07) is 5.88. The first-order valence-electron chi connectivity index (χ1n) is 10.3. The van der Waals surface area contributed by atoms with E-state index in [4.69, 9.17) is 0 Å². The highest BCUT2D eigenvalue weighted by Gasteiger charge is 2.26. The number of hydrogen-bond donors (Lipinski definition) is 1. The second-order valence-corrected chi connectivity index (χ2v) is 7.76. The molecule has 3 aromatic rings. The van der Waals surface area contributed by atoms with Crippen LogP contribution >= 0.6 is 0 Å². The van der Waals surface area contributed by atoms with Crippen molar-refractivity contribution in [2.45, 2.75) is 39.2 Å². The maximum absolute atomic E-state index is 12.5. The third-order valence-electron chi connectivity index (χ3n) is 5.70. The molecule has 1 aliphatic heterocycles. The summed E-state index contributed by atoms with van der Waals surface area (Å²) in [6.45, 7) is 5.58. The molecular formula is C22H27N7O. The van der Waals surface area contributed by atoms with Crippen LogP contribution in [0.15, 0.2) is 36.8 Å². The number of nitrogens with zero attached hydrogens (tertiary/aromatic N) is 6. The summed E-state index contributed by atoms with van der Waals surface area (Å²) in [5.41, 5.74) is 5.11. The van der Waals surface area contributed by atoms with Gasteiger partial charge >= 0.3 is 0 Å². The first kappa shape index (κ1) is 20.0. The summed E-state index contributed by atoms with van der Waals surface area (Å²) in [5, 5.41) is 7.59. The molecule has 1 fully saturated rings. The Morgan fingerprint density at radius 1 is 1.27 bits per heavy atom. The van der Waals surface area contributed by atoms with E-state index in [0.717, 1.165) is 35.6 Å². The number of aryl methyl sites for hydroxylation is 2. The summed E-state index contributed by atoms with van der Waals surface area (Å²) >= 11 is 0. The predicted molar refractivity (Wildman–Crippen MR) is 115 cm³/mol. The van der Waals surface area contributed by atoms with Crippen molar-refractivity contribution in [3.05, 3.63) is 53.7 Å². The van der Waals surface area contributed by atoms with Gasteiger partial charge in [0.1, 0.15) is 0 Å². The zero-order valence-electron chi connectivity index (χ0n) is 17.7. The summed E-state index contributed by atoms with van der Waals surface area (Å²) in [5.74, 6) is 0.768. The fourth-order valence-corrected chi connectivity index (χ4v) is 3.95. The molecule has 1 saturated heterocycles. The fraction of sp³-hybridized carbons (Fsp3) is 0.409. The fourth-order valence-electron chi connectivity index (χ4n) is 3.95. The van der Waals surface area contributed by atoms with E-state index < -0.39 is 0 Å². The highest BCUT2D eigenvalue weighted by atomic mass is 16.1. The van der Waals surface area contributed by atoms with Gasteiger partial charge in [-0.2, -0.15) is 5.10 Å². The number of carbonyl (C=O) groups is 1. The van der Waals surface area contributed by atoms with Crippen molar-refractivity contribution in [2.24, 2.45) is 7.05 Å². The molecule has 0 aliphatic carbocycles. The van der Waals surface area contributed by atoms with Crippen molar-refractivity contribution >= 4 is 11.9 Å². The zero-order valence-corrected chi connectivity index (χ0v) is 17.7. The normalized spacial score (nSPS) is 16.1. The molecule has 8 heteroatoms. The van der Waals surface area contributed by atoms with Crippen LogP contribution in [-0.4, -0.2) is 49.8 Å². The molecule has 0 saturated carbocycles. The number of carbonyl (C=O) groups excluding carboxylic acids is 1. The van der Waals surface area contributed by atoms with Gasteiger partial charge in [-0.3, -0.25) is 14.5 Å². The maximum atomic E-state index is 12.5. The molecule has 1 atom stereocenters. The largest absolute Gasteiger partial charge is 0.352 e. The molecule has 4 rings (SSSR count). The van der Waals surface area contributed by atoms with Crippen LogP contribution in [0.2, 0.25) is 0 Å². The Kier molecular flexibility index (Phi) is 5.74. The Labute approximate surface area is 176 Å². The third-order valence-corrected chi connectivity index (χ3v) is 5.70. The monoisotopic (exact) mass is 405 g/mol. The average Bonchev–Trinajstić information content (AvgIpc) is 3.31. The molecule has 1 aliphatic rings. The van der Waals surface area contributed by atoms with Gasteiger partial charge in [-0.15, -0.1) is 0 Å². The quantitative estimate of drug-likeness (QED) is 0.676. The predicted octanol–water partition coefficient (Wildman–Crippen LogP) is 2.22. The zero-order chi connectivity index (χ0) is 21.1. The van der Waals surface area contributed by atoms with Gasteiger partial charge in [0.25, 0.3) is 0 Å². The molecule has 0 bridgehead atoms. The molecular weight excluding hydrogens is 378 g/mol. The van der Waals surface area contributed by atoms with Gasteiger partial charge in [0.15, 0.2) is 0 Å². The molecule has 1 unspecified atom stereocenters. The smallest absolute Gasteiger partial charge is 0.225 e. The summed E-state index contributed by atoms with van der Waals surface area (Å²) < 4.78 is 1.87. The van der Waals surface area contributed by atoms with E-state index in [9.17, 15) is 4.79 Å². The lowest BCUT2D eigenvalue weighted by molar-refractivity contribution is -0.121. The molecule has 3 aromatic heterocycles. The van der Waals surface area contributed by atoms with Crippen molar-refractivity contribution in [1.29, 1.82) is 0 Å². The van der Waals surface area contributed by atoms with Crippen molar-refractivity contribution in [3.63, 3.8) is 0 Å². The summed E-state index contributed by atoms with van der Waals surface area (Å²) in [4.78, 5) is 27.9. The SMILES string of the molecule is Cc1nn(C)c(C)c1CCC(=O)NC1CCN(c2nccc(-c3cccnc3)n2)C1. The highest BCUT2D eigenvalue weighted by molar-refractivity contribution is 5.76. The summed E-state index contributed by atoms with van der Waals surface area (Å²) in [7, 11) is 1.93. The molecule has 156 valence electrons. The van der Waals surface area contributed by atoms with Crippen LogP contribution in [0.3, 0.4) is 0 Å². The number of pyridine rings is 1. The van der Waals surface area contributed by atoms with Gasteiger partial charge in [0, 0.05) is 62.4 Å². The van der Waals surface area contributed by atoms with E-state index in [-0.39, 0.29) is 11.9 Å². The van der Waals surface area contributed by atoms with Crippen LogP contribution < -0.4 is 10.2 Å². The number of hydrogen-bond acceptors (Lipinski definition) is 6. The Balaban J connectivity index is 1.33. The first-order valence-corrected chi connectivity index (χ1v) is 10.3. The minimum absolute atomic E-state index is 0.0783. The Morgan fingerprint density at radius 3 is 2.87 bits per heavy atom. The number of aromatic nitrogens is 5. The van der Waals surface area contributed by atoms with E-state index >= 15 is 0 Å². The molecule has 0 aromatic carbocycles. The lowest BCUT2D eigenvalue weighted by atomic mass is 10.1. The van der Waals surface area contributed by atoms with Crippen LogP contribution in [0.5, 0.6) is 0 Å². The van der Waals surface area contributed by atoms with Gasteiger partial charge in [-0.1, -0.05) is 0 Å². The lowest BCUT2D eigenvalue weighted by Gasteiger charge is -2.17. The van der Waals surface area contributed by atoms with Crippen LogP contribution in [0.1, 0.15) is 29.8 Å². The van der Waals surface area contributed by atoms with Crippen molar-refractivity contribution < 1.29 is 4.79 Å². The van der Waals surface area contributed by atoms with Gasteiger partial charge in [0.05, 0.1) is 11.4 Å². The molecule has 8 nitrogen and oxygen atoms in total. The van der Waals surface area contributed by atoms with E-state index in [2.05, 4.69) is 30.3 Å². The summed E-state index contributed by atoms with van der Waals surface area (Å²) in [6.07, 6.45) is 7.38. The van der Waals surface area contributed by atoms with Crippen LogP contribution in [0.4, 0.5) is 5.95 Å². The Morgan fingerprint density at radius 2 is 2.13 bits per heavy atom. The van der Waals surface area contributed by atoms with E-state index in [1.807, 2.05) is 43.8 Å². The number of rotatable bonds is 6. The molecule has 0 spiro atoms. The lowest BCUT2D eigenvalue weighted by Crippen LogP contribution is -2.37. The highest BCUT2D eigenvalue weighted by Crippen LogP contribution is 2.21. The minimum Gasteiger partial charge on any atom is -0.352 e. The molecule has 1 amide bonds. The molecule has 1 N–H and O–H groups in total. The van der Waals surface area contributed by atoms with Gasteiger partial charge < -0.3 is 10.2 Å². The Hall–Kier alpha value is -3.29. The van der Waals surface area contributed by atoms with E-state index in [1.54, 1.807) is 18.6 Å². The van der Waals surface area contributed by atoms with E-state index in [0.29, 0.717) is 25.3 Å². The van der Waals surface area contributed by atoms with Gasteiger partial charge in [-0.05, 0) is 50.5 Å². The number of anilines is 1. The van der Waals surface area contributed by atoms with E-state index in [1.165, 1.54) is 5.56 Å². The molecule has 4 heterocycles. The van der Waals surface area contributed by atoms with Crippen molar-refractivity contribution in [1.82, 2.24) is 30.0 Å².